The van der Waals surface area contributed by atoms with Gasteiger partial charge in [0.1, 0.15) is 0 Å². The average Bonchev–Trinajstić information content (AvgIpc) is 2.39. The van der Waals surface area contributed by atoms with Crippen LogP contribution in [-0.2, 0) is 11.3 Å². The molecule has 0 heterocycles. The molecule has 20 heavy (non-hydrogen) atoms. The monoisotopic (exact) mass is 278 g/mol. The zero-order valence-electron chi connectivity index (χ0n) is 12.3. The third-order valence-electron chi connectivity index (χ3n) is 3.08. The van der Waals surface area contributed by atoms with Gasteiger partial charge in [-0.05, 0) is 37.7 Å². The molecule has 0 atom stereocenters. The van der Waals surface area contributed by atoms with Crippen LogP contribution in [-0.4, -0.2) is 54.5 Å². The van der Waals surface area contributed by atoms with Crippen LogP contribution in [0.1, 0.15) is 28.8 Å². The van der Waals surface area contributed by atoms with E-state index in [1.165, 1.54) is 0 Å². The van der Waals surface area contributed by atoms with Gasteiger partial charge in [0, 0.05) is 27.1 Å². The summed E-state index contributed by atoms with van der Waals surface area (Å²) in [5.41, 5.74) is 1.37. The molecule has 0 fully saturated rings. The lowest BCUT2D eigenvalue weighted by Crippen LogP contribution is -2.24. The molecule has 5 heteroatoms. The standard InChI is InChI=1S/C15H22N2O3/c1-16(2)14(18)5-4-10-17(3)11-12-6-8-13(9-7-12)15(19)20/h6-9H,4-5,10-11H2,1-3H3,(H,19,20). The maximum atomic E-state index is 11.4. The van der Waals surface area contributed by atoms with E-state index < -0.39 is 5.97 Å². The molecule has 1 rings (SSSR count). The molecule has 0 aromatic heterocycles. The van der Waals surface area contributed by atoms with E-state index in [2.05, 4.69) is 4.90 Å². The fourth-order valence-electron chi connectivity index (χ4n) is 1.87. The molecule has 0 saturated heterocycles. The summed E-state index contributed by atoms with van der Waals surface area (Å²) in [6.45, 7) is 1.58. The third kappa shape index (κ3) is 5.40. The Morgan fingerprint density at radius 2 is 1.70 bits per heavy atom. The lowest BCUT2D eigenvalue weighted by molar-refractivity contribution is -0.128. The van der Waals surface area contributed by atoms with E-state index in [1.54, 1.807) is 31.1 Å². The van der Waals surface area contributed by atoms with Crippen LogP contribution in [0.25, 0.3) is 0 Å². The van der Waals surface area contributed by atoms with E-state index in [9.17, 15) is 9.59 Å². The van der Waals surface area contributed by atoms with Crippen LogP contribution < -0.4 is 0 Å². The Morgan fingerprint density at radius 1 is 1.10 bits per heavy atom. The molecule has 0 bridgehead atoms. The first-order valence-electron chi connectivity index (χ1n) is 6.61. The lowest BCUT2D eigenvalue weighted by Gasteiger charge is -2.17. The molecule has 0 spiro atoms. The number of nitrogens with zero attached hydrogens (tertiary/aromatic N) is 2. The highest BCUT2D eigenvalue weighted by Crippen LogP contribution is 2.07. The Kier molecular flexibility index (Phi) is 6.18. The third-order valence-corrected chi connectivity index (χ3v) is 3.08. The summed E-state index contributed by atoms with van der Waals surface area (Å²) in [7, 11) is 5.51. The van der Waals surface area contributed by atoms with Gasteiger partial charge in [-0.2, -0.15) is 0 Å². The molecule has 0 aliphatic carbocycles. The Labute approximate surface area is 119 Å². The second kappa shape index (κ2) is 7.65. The Morgan fingerprint density at radius 3 is 2.20 bits per heavy atom. The zero-order valence-corrected chi connectivity index (χ0v) is 12.3. The first-order valence-corrected chi connectivity index (χ1v) is 6.61. The molecule has 1 aromatic carbocycles. The minimum atomic E-state index is -0.910. The van der Waals surface area contributed by atoms with E-state index in [0.717, 1.165) is 25.1 Å². The highest BCUT2D eigenvalue weighted by atomic mass is 16.4. The highest BCUT2D eigenvalue weighted by molar-refractivity contribution is 5.87. The van der Waals surface area contributed by atoms with Crippen LogP contribution in [0.3, 0.4) is 0 Å². The highest BCUT2D eigenvalue weighted by Gasteiger charge is 2.06. The van der Waals surface area contributed by atoms with Crippen molar-refractivity contribution in [3.8, 4) is 0 Å². The van der Waals surface area contributed by atoms with Crippen molar-refractivity contribution >= 4 is 11.9 Å². The van der Waals surface area contributed by atoms with E-state index in [4.69, 9.17) is 5.11 Å². The maximum absolute atomic E-state index is 11.4. The summed E-state index contributed by atoms with van der Waals surface area (Å²) < 4.78 is 0. The fourth-order valence-corrected chi connectivity index (χ4v) is 1.87. The van der Waals surface area contributed by atoms with Gasteiger partial charge in [0.05, 0.1) is 5.56 Å². The predicted octanol–water partition coefficient (Wildman–Crippen LogP) is 1.68. The molecule has 110 valence electrons. The largest absolute Gasteiger partial charge is 0.478 e. The van der Waals surface area contributed by atoms with Crippen molar-refractivity contribution in [2.24, 2.45) is 0 Å². The topological polar surface area (TPSA) is 60.9 Å². The number of carboxylic acids is 1. The van der Waals surface area contributed by atoms with Crippen LogP contribution >= 0.6 is 0 Å². The van der Waals surface area contributed by atoms with Crippen LogP contribution in [0.5, 0.6) is 0 Å². The molecule has 0 radical (unpaired) electrons. The quantitative estimate of drug-likeness (QED) is 0.824. The van der Waals surface area contributed by atoms with Gasteiger partial charge in [0.2, 0.25) is 5.91 Å². The number of carbonyl (C=O) groups excluding carboxylic acids is 1. The number of amides is 1. The van der Waals surface area contributed by atoms with E-state index in [0.29, 0.717) is 12.0 Å². The van der Waals surface area contributed by atoms with Gasteiger partial charge in [-0.3, -0.25) is 4.79 Å². The summed E-state index contributed by atoms with van der Waals surface area (Å²) >= 11 is 0. The molecule has 0 aliphatic heterocycles. The fraction of sp³-hybridized carbons (Fsp3) is 0.467. The van der Waals surface area contributed by atoms with Gasteiger partial charge in [-0.25, -0.2) is 4.79 Å². The van der Waals surface area contributed by atoms with Crippen molar-refractivity contribution < 1.29 is 14.7 Å². The lowest BCUT2D eigenvalue weighted by atomic mass is 10.1. The van der Waals surface area contributed by atoms with E-state index >= 15 is 0 Å². The first kappa shape index (κ1) is 16.2. The summed E-state index contributed by atoms with van der Waals surface area (Å²) in [5, 5.41) is 8.82. The Bertz CT molecular complexity index is 455. The van der Waals surface area contributed by atoms with Crippen molar-refractivity contribution in [2.75, 3.05) is 27.7 Å². The summed E-state index contributed by atoms with van der Waals surface area (Å²) in [5.74, 6) is -0.767. The number of carboxylic acid groups (broad SMARTS) is 1. The van der Waals surface area contributed by atoms with Gasteiger partial charge in [-0.15, -0.1) is 0 Å². The molecular weight excluding hydrogens is 256 g/mol. The molecule has 0 aliphatic rings. The number of hydrogen-bond acceptors (Lipinski definition) is 3. The van der Waals surface area contributed by atoms with Crippen molar-refractivity contribution in [1.82, 2.24) is 9.80 Å². The molecule has 5 nitrogen and oxygen atoms in total. The van der Waals surface area contributed by atoms with E-state index in [-0.39, 0.29) is 5.91 Å². The Hall–Kier alpha value is -1.88. The van der Waals surface area contributed by atoms with Crippen LogP contribution in [0.4, 0.5) is 0 Å². The van der Waals surface area contributed by atoms with Crippen molar-refractivity contribution in [3.05, 3.63) is 35.4 Å². The summed E-state index contributed by atoms with van der Waals surface area (Å²) in [6, 6.07) is 6.87. The summed E-state index contributed by atoms with van der Waals surface area (Å²) in [4.78, 5) is 25.9. The number of carbonyl (C=O) groups is 2. The van der Waals surface area contributed by atoms with Gasteiger partial charge < -0.3 is 14.9 Å². The van der Waals surface area contributed by atoms with Crippen LogP contribution in [0.2, 0.25) is 0 Å². The normalized spacial score (nSPS) is 10.6. The number of benzene rings is 1. The molecule has 1 amide bonds. The molecule has 1 aromatic rings. The average molecular weight is 278 g/mol. The molecule has 1 N–H and O–H groups in total. The minimum Gasteiger partial charge on any atom is -0.478 e. The second-order valence-electron chi connectivity index (χ2n) is 5.13. The number of rotatable bonds is 7. The predicted molar refractivity (Wildman–Crippen MR) is 77.7 cm³/mol. The maximum Gasteiger partial charge on any atom is 0.335 e. The van der Waals surface area contributed by atoms with Crippen molar-refractivity contribution in [3.63, 3.8) is 0 Å². The molecule has 0 unspecified atom stereocenters. The van der Waals surface area contributed by atoms with Gasteiger partial charge >= 0.3 is 5.97 Å². The zero-order chi connectivity index (χ0) is 15.1. The summed E-state index contributed by atoms with van der Waals surface area (Å²) in [6.07, 6.45) is 1.37. The van der Waals surface area contributed by atoms with E-state index in [1.807, 2.05) is 19.2 Å². The van der Waals surface area contributed by atoms with Crippen molar-refractivity contribution in [1.29, 1.82) is 0 Å². The number of hydrogen-bond donors (Lipinski definition) is 1. The van der Waals surface area contributed by atoms with Gasteiger partial charge in [0.25, 0.3) is 0 Å². The minimum absolute atomic E-state index is 0.143. The van der Waals surface area contributed by atoms with Crippen LogP contribution in [0, 0.1) is 0 Å². The van der Waals surface area contributed by atoms with Gasteiger partial charge in [-0.1, -0.05) is 12.1 Å². The molecular formula is C15H22N2O3. The van der Waals surface area contributed by atoms with Crippen molar-refractivity contribution in [2.45, 2.75) is 19.4 Å². The van der Waals surface area contributed by atoms with Crippen LogP contribution in [0.15, 0.2) is 24.3 Å². The smallest absolute Gasteiger partial charge is 0.335 e. The Balaban J connectivity index is 2.36. The van der Waals surface area contributed by atoms with Gasteiger partial charge in [0.15, 0.2) is 0 Å². The number of aromatic carboxylic acids is 1. The SMILES string of the molecule is CN(CCCC(=O)N(C)C)Cc1ccc(C(=O)O)cc1. The first-order chi connectivity index (χ1) is 9.40. The second-order valence-corrected chi connectivity index (χ2v) is 5.13. The molecule has 0 saturated carbocycles.